The summed E-state index contributed by atoms with van der Waals surface area (Å²) in [7, 11) is 1.51. The second kappa shape index (κ2) is 5.14. The maximum absolute atomic E-state index is 11.6. The molecule has 0 spiro atoms. The van der Waals surface area contributed by atoms with Gasteiger partial charge in [-0.3, -0.25) is 0 Å². The molecule has 2 rings (SSSR count). The van der Waals surface area contributed by atoms with Gasteiger partial charge in [-0.25, -0.2) is 4.79 Å². The predicted molar refractivity (Wildman–Crippen MR) is 62.7 cm³/mol. The van der Waals surface area contributed by atoms with Crippen LogP contribution in [0.2, 0.25) is 0 Å². The van der Waals surface area contributed by atoms with E-state index in [-0.39, 0.29) is 13.4 Å². The summed E-state index contributed by atoms with van der Waals surface area (Å²) in [5.74, 6) is 1.04. The fraction of sp³-hybridized carbons (Fsp3) is 0.417. The van der Waals surface area contributed by atoms with E-state index in [2.05, 4.69) is 0 Å². The molecule has 1 aromatic rings. The van der Waals surface area contributed by atoms with E-state index in [0.29, 0.717) is 22.8 Å². The summed E-state index contributed by atoms with van der Waals surface area (Å²) in [6.45, 7) is 2.14. The van der Waals surface area contributed by atoms with Crippen LogP contribution in [0.4, 0.5) is 0 Å². The summed E-state index contributed by atoms with van der Waals surface area (Å²) in [5, 5.41) is 0. The lowest BCUT2D eigenvalue weighted by atomic mass is 10.1. The highest BCUT2D eigenvalue weighted by Crippen LogP contribution is 2.42. The molecule has 1 aromatic carbocycles. The highest BCUT2D eigenvalue weighted by molar-refractivity contribution is 5.78. The minimum Gasteiger partial charge on any atom is -0.493 e. The number of benzene rings is 1. The van der Waals surface area contributed by atoms with E-state index in [1.54, 1.807) is 19.1 Å². The van der Waals surface area contributed by atoms with Crippen LogP contribution in [-0.4, -0.2) is 26.5 Å². The van der Waals surface area contributed by atoms with Gasteiger partial charge in [0, 0.05) is 0 Å². The molecule has 1 heterocycles. The lowest BCUT2D eigenvalue weighted by Gasteiger charge is -2.13. The number of esters is 1. The summed E-state index contributed by atoms with van der Waals surface area (Å²) in [5.41, 5.74) is 6.38. The molecule has 0 radical (unpaired) electrons. The third-order valence-electron chi connectivity index (χ3n) is 2.58. The van der Waals surface area contributed by atoms with Crippen molar-refractivity contribution in [3.8, 4) is 17.2 Å². The Labute approximate surface area is 105 Å². The largest absolute Gasteiger partial charge is 0.493 e. The maximum atomic E-state index is 11.6. The van der Waals surface area contributed by atoms with Crippen LogP contribution in [0.1, 0.15) is 18.5 Å². The molecule has 0 aromatic heterocycles. The molecule has 6 nitrogen and oxygen atoms in total. The Hall–Kier alpha value is -1.95. The van der Waals surface area contributed by atoms with Gasteiger partial charge in [0.2, 0.25) is 12.5 Å². The van der Waals surface area contributed by atoms with Gasteiger partial charge in [0.05, 0.1) is 13.7 Å². The van der Waals surface area contributed by atoms with Crippen molar-refractivity contribution >= 4 is 5.97 Å². The van der Waals surface area contributed by atoms with Crippen molar-refractivity contribution in [2.45, 2.75) is 13.0 Å². The van der Waals surface area contributed by atoms with Gasteiger partial charge in [0.25, 0.3) is 0 Å². The summed E-state index contributed by atoms with van der Waals surface area (Å²) >= 11 is 0. The van der Waals surface area contributed by atoms with E-state index in [9.17, 15) is 4.79 Å². The van der Waals surface area contributed by atoms with Crippen molar-refractivity contribution in [3.63, 3.8) is 0 Å². The van der Waals surface area contributed by atoms with Crippen molar-refractivity contribution in [2.75, 3.05) is 20.5 Å². The average molecular weight is 253 g/mol. The minimum atomic E-state index is -0.867. The number of hydrogen-bond donors (Lipinski definition) is 1. The number of fused-ring (bicyclic) bond motifs is 1. The molecule has 1 unspecified atom stereocenters. The first-order valence-electron chi connectivity index (χ1n) is 5.57. The number of methoxy groups -OCH3 is 1. The van der Waals surface area contributed by atoms with Crippen molar-refractivity contribution in [1.29, 1.82) is 0 Å². The zero-order valence-corrected chi connectivity index (χ0v) is 10.3. The average Bonchev–Trinajstić information content (AvgIpc) is 2.85. The normalized spacial score (nSPS) is 14.2. The highest BCUT2D eigenvalue weighted by atomic mass is 16.7. The number of rotatable bonds is 4. The smallest absolute Gasteiger partial charge is 0.327 e. The van der Waals surface area contributed by atoms with Crippen LogP contribution in [0.3, 0.4) is 0 Å². The number of ether oxygens (including phenoxy) is 4. The fourth-order valence-corrected chi connectivity index (χ4v) is 1.70. The standard InChI is InChI=1S/C12H15NO5/c1-3-16-12(14)10(13)7-4-8(15-2)11-9(5-7)17-6-18-11/h4-5,10H,3,6,13H2,1-2H3. The van der Waals surface area contributed by atoms with Gasteiger partial charge < -0.3 is 24.7 Å². The number of carbonyl (C=O) groups is 1. The van der Waals surface area contributed by atoms with Crippen LogP contribution < -0.4 is 19.9 Å². The molecule has 18 heavy (non-hydrogen) atoms. The van der Waals surface area contributed by atoms with E-state index >= 15 is 0 Å². The first-order valence-corrected chi connectivity index (χ1v) is 5.57. The number of hydrogen-bond acceptors (Lipinski definition) is 6. The quantitative estimate of drug-likeness (QED) is 0.806. The summed E-state index contributed by atoms with van der Waals surface area (Å²) in [4.78, 5) is 11.6. The molecule has 1 atom stereocenters. The van der Waals surface area contributed by atoms with E-state index < -0.39 is 12.0 Å². The molecule has 2 N–H and O–H groups in total. The monoisotopic (exact) mass is 253 g/mol. The summed E-state index contributed by atoms with van der Waals surface area (Å²) < 4.78 is 20.6. The molecule has 98 valence electrons. The fourth-order valence-electron chi connectivity index (χ4n) is 1.70. The SMILES string of the molecule is CCOC(=O)C(N)c1cc(OC)c2c(c1)OCO2. The molecule has 0 bridgehead atoms. The third kappa shape index (κ3) is 2.19. The Balaban J connectivity index is 2.31. The van der Waals surface area contributed by atoms with Gasteiger partial charge in [-0.2, -0.15) is 0 Å². The van der Waals surface area contributed by atoms with Crippen LogP contribution in [0.15, 0.2) is 12.1 Å². The molecular formula is C12H15NO5. The van der Waals surface area contributed by atoms with E-state index in [1.165, 1.54) is 7.11 Å². The van der Waals surface area contributed by atoms with Crippen LogP contribution in [-0.2, 0) is 9.53 Å². The van der Waals surface area contributed by atoms with Crippen molar-refractivity contribution in [3.05, 3.63) is 17.7 Å². The topological polar surface area (TPSA) is 80.0 Å². The molecule has 1 aliphatic rings. The Bertz CT molecular complexity index is 460. The molecule has 0 fully saturated rings. The molecule has 0 amide bonds. The van der Waals surface area contributed by atoms with Gasteiger partial charge in [0.15, 0.2) is 11.5 Å². The first-order chi connectivity index (χ1) is 8.67. The Morgan fingerprint density at radius 2 is 2.28 bits per heavy atom. The van der Waals surface area contributed by atoms with E-state index in [1.807, 2.05) is 0 Å². The third-order valence-corrected chi connectivity index (χ3v) is 2.58. The van der Waals surface area contributed by atoms with Gasteiger partial charge in [0.1, 0.15) is 6.04 Å². The molecule has 0 saturated carbocycles. The zero-order chi connectivity index (χ0) is 13.1. The molecule has 1 aliphatic heterocycles. The van der Waals surface area contributed by atoms with Gasteiger partial charge in [-0.1, -0.05) is 0 Å². The Morgan fingerprint density at radius 3 is 2.94 bits per heavy atom. The van der Waals surface area contributed by atoms with Gasteiger partial charge in [-0.15, -0.1) is 0 Å². The van der Waals surface area contributed by atoms with Crippen LogP contribution in [0.25, 0.3) is 0 Å². The van der Waals surface area contributed by atoms with Crippen molar-refractivity contribution in [2.24, 2.45) is 5.73 Å². The highest BCUT2D eigenvalue weighted by Gasteiger charge is 2.25. The Morgan fingerprint density at radius 1 is 1.50 bits per heavy atom. The Kier molecular flexibility index (Phi) is 3.57. The summed E-state index contributed by atoms with van der Waals surface area (Å²) in [6.07, 6.45) is 0. The van der Waals surface area contributed by atoms with Gasteiger partial charge >= 0.3 is 5.97 Å². The predicted octanol–water partition coefficient (Wildman–Crippen LogP) is 0.987. The summed E-state index contributed by atoms with van der Waals surface area (Å²) in [6, 6.07) is 2.44. The van der Waals surface area contributed by atoms with E-state index in [4.69, 9.17) is 24.7 Å². The molecule has 0 saturated heterocycles. The zero-order valence-electron chi connectivity index (χ0n) is 10.3. The minimum absolute atomic E-state index is 0.129. The first kappa shape index (κ1) is 12.5. The second-order valence-electron chi connectivity index (χ2n) is 3.69. The molecule has 6 heteroatoms. The molecule has 0 aliphatic carbocycles. The molecular weight excluding hydrogens is 238 g/mol. The van der Waals surface area contributed by atoms with E-state index in [0.717, 1.165) is 0 Å². The number of nitrogens with two attached hydrogens (primary N) is 1. The lowest BCUT2D eigenvalue weighted by molar-refractivity contribution is -0.144. The van der Waals surface area contributed by atoms with Crippen LogP contribution in [0, 0.1) is 0 Å². The maximum Gasteiger partial charge on any atom is 0.327 e. The lowest BCUT2D eigenvalue weighted by Crippen LogP contribution is -2.23. The van der Waals surface area contributed by atoms with Crippen LogP contribution in [0.5, 0.6) is 17.2 Å². The van der Waals surface area contributed by atoms with Crippen LogP contribution >= 0.6 is 0 Å². The van der Waals surface area contributed by atoms with Crippen molar-refractivity contribution in [1.82, 2.24) is 0 Å². The van der Waals surface area contributed by atoms with Crippen molar-refractivity contribution < 1.29 is 23.7 Å². The second-order valence-corrected chi connectivity index (χ2v) is 3.69. The number of carbonyl (C=O) groups excluding carboxylic acids is 1. The van der Waals surface area contributed by atoms with Gasteiger partial charge in [-0.05, 0) is 24.6 Å².